The van der Waals surface area contributed by atoms with E-state index < -0.39 is 5.82 Å². The summed E-state index contributed by atoms with van der Waals surface area (Å²) in [4.78, 5) is 0. The van der Waals surface area contributed by atoms with Crippen LogP contribution in [0.15, 0.2) is 59.0 Å². The number of nitriles is 2. The van der Waals surface area contributed by atoms with Gasteiger partial charge < -0.3 is 4.42 Å². The van der Waals surface area contributed by atoms with Crippen molar-refractivity contribution in [2.45, 2.75) is 0 Å². The summed E-state index contributed by atoms with van der Waals surface area (Å²) < 4.78 is 20.0. The van der Waals surface area contributed by atoms with Crippen LogP contribution in [0.5, 0.6) is 0 Å². The van der Waals surface area contributed by atoms with Crippen molar-refractivity contribution in [2.75, 3.05) is 0 Å². The fourth-order valence-electron chi connectivity index (χ4n) is 2.91. The lowest BCUT2D eigenvalue weighted by Crippen LogP contribution is -1.89. The van der Waals surface area contributed by atoms with Crippen LogP contribution in [0.3, 0.4) is 0 Å². The smallest absolute Gasteiger partial charge is 0.135 e. The van der Waals surface area contributed by atoms with E-state index in [0.29, 0.717) is 22.3 Å². The Labute approximate surface area is 136 Å². The van der Waals surface area contributed by atoms with Crippen LogP contribution in [-0.2, 0) is 0 Å². The first kappa shape index (κ1) is 14.0. The van der Waals surface area contributed by atoms with Gasteiger partial charge in [0.1, 0.15) is 17.0 Å². The van der Waals surface area contributed by atoms with Crippen LogP contribution in [0.2, 0.25) is 0 Å². The molecule has 0 aliphatic carbocycles. The summed E-state index contributed by atoms with van der Waals surface area (Å²) in [6.45, 7) is 0. The number of fused-ring (bicyclic) bond motifs is 3. The van der Waals surface area contributed by atoms with Gasteiger partial charge >= 0.3 is 0 Å². The summed E-state index contributed by atoms with van der Waals surface area (Å²) in [6, 6.07) is 19.0. The van der Waals surface area contributed by atoms with Gasteiger partial charge in [0.2, 0.25) is 0 Å². The maximum atomic E-state index is 14.3. The van der Waals surface area contributed by atoms with E-state index in [9.17, 15) is 9.65 Å². The van der Waals surface area contributed by atoms with E-state index in [1.54, 1.807) is 42.5 Å². The van der Waals surface area contributed by atoms with E-state index in [0.717, 1.165) is 10.8 Å². The van der Waals surface area contributed by atoms with Crippen LogP contribution in [-0.4, -0.2) is 0 Å². The van der Waals surface area contributed by atoms with Crippen LogP contribution in [0, 0.1) is 28.5 Å². The van der Waals surface area contributed by atoms with E-state index in [1.165, 1.54) is 12.1 Å². The second kappa shape index (κ2) is 5.22. The largest absolute Gasteiger partial charge is 0.456 e. The van der Waals surface area contributed by atoms with E-state index in [-0.39, 0.29) is 11.1 Å². The van der Waals surface area contributed by atoms with Crippen molar-refractivity contribution >= 4 is 21.9 Å². The lowest BCUT2D eigenvalue weighted by Gasteiger charge is -2.06. The molecule has 1 heterocycles. The van der Waals surface area contributed by atoms with Crippen molar-refractivity contribution in [1.82, 2.24) is 0 Å². The summed E-state index contributed by atoms with van der Waals surface area (Å²) in [5.74, 6) is -0.445. The van der Waals surface area contributed by atoms with Gasteiger partial charge in [-0.05, 0) is 48.0 Å². The van der Waals surface area contributed by atoms with Crippen molar-refractivity contribution in [1.29, 1.82) is 10.5 Å². The third-order valence-corrected chi connectivity index (χ3v) is 4.02. The van der Waals surface area contributed by atoms with Crippen LogP contribution < -0.4 is 0 Å². The lowest BCUT2D eigenvalue weighted by atomic mass is 9.98. The summed E-state index contributed by atoms with van der Waals surface area (Å²) in [5, 5.41) is 19.9. The van der Waals surface area contributed by atoms with Gasteiger partial charge in [0, 0.05) is 16.3 Å². The topological polar surface area (TPSA) is 60.7 Å². The molecule has 0 aliphatic heterocycles. The molecule has 0 saturated carbocycles. The summed E-state index contributed by atoms with van der Waals surface area (Å²) >= 11 is 0. The zero-order chi connectivity index (χ0) is 16.7. The van der Waals surface area contributed by atoms with Crippen LogP contribution in [0.1, 0.15) is 11.1 Å². The van der Waals surface area contributed by atoms with E-state index in [4.69, 9.17) is 9.68 Å². The number of benzene rings is 3. The minimum Gasteiger partial charge on any atom is -0.456 e. The van der Waals surface area contributed by atoms with Crippen molar-refractivity contribution in [2.24, 2.45) is 0 Å². The fourth-order valence-corrected chi connectivity index (χ4v) is 2.91. The fraction of sp³-hybridized carbons (Fsp3) is 0. The van der Waals surface area contributed by atoms with Crippen molar-refractivity contribution < 1.29 is 8.81 Å². The van der Waals surface area contributed by atoms with Gasteiger partial charge in [-0.3, -0.25) is 0 Å². The summed E-state index contributed by atoms with van der Waals surface area (Å²) in [6.07, 6.45) is 0. The minimum atomic E-state index is -0.445. The predicted molar refractivity (Wildman–Crippen MR) is 88.5 cm³/mol. The number of rotatable bonds is 1. The van der Waals surface area contributed by atoms with Gasteiger partial charge in [0.15, 0.2) is 0 Å². The molecule has 0 atom stereocenters. The number of furan rings is 1. The molecule has 4 rings (SSSR count). The Morgan fingerprint density at radius 1 is 0.833 bits per heavy atom. The Balaban J connectivity index is 2.04. The Kier molecular flexibility index (Phi) is 3.05. The molecule has 0 amide bonds. The molecule has 4 aromatic rings. The molecule has 1 aromatic heterocycles. The van der Waals surface area contributed by atoms with E-state index >= 15 is 0 Å². The first-order valence-corrected chi connectivity index (χ1v) is 7.26. The summed E-state index contributed by atoms with van der Waals surface area (Å²) in [7, 11) is 0. The third kappa shape index (κ3) is 2.02. The monoisotopic (exact) mass is 312 g/mol. The maximum Gasteiger partial charge on any atom is 0.135 e. The van der Waals surface area contributed by atoms with Gasteiger partial charge in [-0.15, -0.1) is 0 Å². The molecule has 0 saturated heterocycles. The van der Waals surface area contributed by atoms with Crippen LogP contribution in [0.25, 0.3) is 33.1 Å². The first-order valence-electron chi connectivity index (χ1n) is 7.26. The molecular formula is C20H9FN2O. The molecule has 0 fully saturated rings. The zero-order valence-corrected chi connectivity index (χ0v) is 12.4. The number of hydrogen-bond donors (Lipinski definition) is 0. The highest BCUT2D eigenvalue weighted by atomic mass is 19.1. The van der Waals surface area contributed by atoms with Gasteiger partial charge in [-0.2, -0.15) is 10.5 Å². The molecule has 0 radical (unpaired) electrons. The molecule has 112 valence electrons. The second-order valence-electron chi connectivity index (χ2n) is 5.41. The Morgan fingerprint density at radius 3 is 2.33 bits per heavy atom. The van der Waals surface area contributed by atoms with Gasteiger partial charge in [0.25, 0.3) is 0 Å². The highest BCUT2D eigenvalue weighted by Gasteiger charge is 2.14. The molecule has 24 heavy (non-hydrogen) atoms. The van der Waals surface area contributed by atoms with Gasteiger partial charge in [-0.25, -0.2) is 4.39 Å². The minimum absolute atomic E-state index is 0.271. The average Bonchev–Trinajstić information content (AvgIpc) is 2.98. The highest BCUT2D eigenvalue weighted by molar-refractivity contribution is 6.06. The standard InChI is InChI=1S/C20H9FN2O/c21-17-3-1-2-14(11-23)20(17)13-5-7-19-16(9-13)15-8-12(10-22)4-6-18(15)24-19/h1-9H. The summed E-state index contributed by atoms with van der Waals surface area (Å²) in [5.41, 5.74) is 2.99. The number of nitrogens with zero attached hydrogens (tertiary/aromatic N) is 2. The highest BCUT2D eigenvalue weighted by Crippen LogP contribution is 2.34. The molecule has 0 bridgehead atoms. The molecule has 4 heteroatoms. The van der Waals surface area contributed by atoms with Crippen LogP contribution in [0.4, 0.5) is 4.39 Å². The predicted octanol–water partition coefficient (Wildman–Crippen LogP) is 5.14. The first-order chi connectivity index (χ1) is 11.7. The number of hydrogen-bond acceptors (Lipinski definition) is 3. The number of halogens is 1. The van der Waals surface area contributed by atoms with Crippen molar-refractivity contribution in [3.63, 3.8) is 0 Å². The normalized spacial score (nSPS) is 10.6. The van der Waals surface area contributed by atoms with Crippen LogP contribution >= 0.6 is 0 Å². The molecule has 0 spiro atoms. The van der Waals surface area contributed by atoms with E-state index in [2.05, 4.69) is 6.07 Å². The van der Waals surface area contributed by atoms with Crippen molar-refractivity contribution in [3.05, 3.63) is 71.5 Å². The van der Waals surface area contributed by atoms with Gasteiger partial charge in [0.05, 0.1) is 23.3 Å². The maximum absolute atomic E-state index is 14.3. The third-order valence-electron chi connectivity index (χ3n) is 4.02. The molecular weight excluding hydrogens is 303 g/mol. The zero-order valence-electron chi connectivity index (χ0n) is 12.4. The molecule has 0 unspecified atom stereocenters. The van der Waals surface area contributed by atoms with Crippen molar-refractivity contribution in [3.8, 4) is 23.3 Å². The molecule has 0 N–H and O–H groups in total. The SMILES string of the molecule is N#Cc1ccc2oc3ccc(-c4c(F)cccc4C#N)cc3c2c1. The van der Waals surface area contributed by atoms with Gasteiger partial charge in [-0.1, -0.05) is 12.1 Å². The Bertz CT molecular complexity index is 1190. The molecule has 3 aromatic carbocycles. The molecule has 3 nitrogen and oxygen atoms in total. The average molecular weight is 312 g/mol. The Morgan fingerprint density at radius 2 is 1.58 bits per heavy atom. The lowest BCUT2D eigenvalue weighted by molar-refractivity contribution is 0.631. The van der Waals surface area contributed by atoms with E-state index in [1.807, 2.05) is 6.07 Å². The Hall–Kier alpha value is -3.63. The second-order valence-corrected chi connectivity index (χ2v) is 5.41. The molecule has 0 aliphatic rings. The quantitative estimate of drug-likeness (QED) is 0.489.